The Balaban J connectivity index is 3.23. The molecule has 0 aromatic rings. The Morgan fingerprint density at radius 1 is 2.00 bits per heavy atom. The molecule has 0 aromatic heterocycles. The molecule has 2 nitrogen and oxygen atoms in total. The number of hydrogen-bond acceptors (Lipinski definition) is 2. The smallest absolute Gasteiger partial charge is 0.207 e. The highest BCUT2D eigenvalue weighted by atomic mass is 31.1. The van der Waals surface area contributed by atoms with E-state index in [0.29, 0.717) is 6.42 Å². The first kappa shape index (κ1) is 5.77. The van der Waals surface area contributed by atoms with Gasteiger partial charge in [0.25, 0.3) is 0 Å². The molecule has 0 amide bonds. The van der Waals surface area contributed by atoms with Crippen LogP contribution < -0.4 is 0 Å². The molecule has 0 bridgehead atoms. The molecule has 0 aromatic carbocycles. The highest BCUT2D eigenvalue weighted by Crippen LogP contribution is 1.96. The van der Waals surface area contributed by atoms with Crippen LogP contribution in [-0.2, 0) is 4.57 Å². The van der Waals surface area contributed by atoms with Crippen LogP contribution in [0, 0.1) is 5.41 Å². The van der Waals surface area contributed by atoms with Gasteiger partial charge in [0.15, 0.2) is 0 Å². The molecule has 3 heteroatoms. The van der Waals surface area contributed by atoms with Crippen LogP contribution in [0.3, 0.4) is 0 Å². The van der Waals surface area contributed by atoms with E-state index in [1.54, 1.807) is 6.92 Å². The average molecular weight is 103 g/mol. The van der Waals surface area contributed by atoms with E-state index in [1.165, 1.54) is 0 Å². The van der Waals surface area contributed by atoms with Crippen molar-refractivity contribution in [2.24, 2.45) is 0 Å². The molecule has 0 aliphatic rings. The van der Waals surface area contributed by atoms with Crippen molar-refractivity contribution in [3.8, 4) is 0 Å². The second kappa shape index (κ2) is 2.98. The van der Waals surface area contributed by atoms with Crippen molar-refractivity contribution in [3.05, 3.63) is 0 Å². The standard InChI is InChI=1S/C3H6NOP/c1-2-3(4)6-5/h4H,2H2,1H3. The Hall–Kier alpha value is -0.230. The van der Waals surface area contributed by atoms with Gasteiger partial charge in [-0.15, -0.1) is 0 Å². The fourth-order valence-electron chi connectivity index (χ4n) is 0.0645. The van der Waals surface area contributed by atoms with Gasteiger partial charge in [-0.1, -0.05) is 6.92 Å². The summed E-state index contributed by atoms with van der Waals surface area (Å²) in [4.78, 5) is 0. The largest absolute Gasteiger partial charge is 0.297 e. The lowest BCUT2D eigenvalue weighted by Gasteiger charge is -1.74. The third-order valence-electron chi connectivity index (χ3n) is 0.445. The summed E-state index contributed by atoms with van der Waals surface area (Å²) in [5.41, 5.74) is 0.259. The third-order valence-corrected chi connectivity index (χ3v) is 0.982. The Bertz CT molecular complexity index is 71.2. The van der Waals surface area contributed by atoms with Crippen molar-refractivity contribution < 1.29 is 4.57 Å². The zero-order valence-corrected chi connectivity index (χ0v) is 4.46. The van der Waals surface area contributed by atoms with E-state index in [4.69, 9.17) is 5.41 Å². The highest BCUT2D eigenvalue weighted by molar-refractivity contribution is 7.46. The second-order valence-electron chi connectivity index (χ2n) is 0.892. The van der Waals surface area contributed by atoms with Gasteiger partial charge in [-0.25, -0.2) is 0 Å². The molecule has 0 saturated carbocycles. The summed E-state index contributed by atoms with van der Waals surface area (Å²) in [6.45, 7) is 1.80. The zero-order valence-electron chi connectivity index (χ0n) is 3.56. The molecular formula is C3H6NOP. The topological polar surface area (TPSA) is 40.9 Å². The van der Waals surface area contributed by atoms with Gasteiger partial charge in [-0.2, -0.15) is 0 Å². The van der Waals surface area contributed by atoms with Crippen molar-refractivity contribution in [2.45, 2.75) is 13.3 Å². The summed E-state index contributed by atoms with van der Waals surface area (Å²) in [6.07, 6.45) is 0.588. The first-order valence-corrected chi connectivity index (χ1v) is 2.53. The van der Waals surface area contributed by atoms with Gasteiger partial charge in [0, 0.05) is 0 Å². The molecular weight excluding hydrogens is 97.0 g/mol. The minimum Gasteiger partial charge on any atom is -0.297 e. The summed E-state index contributed by atoms with van der Waals surface area (Å²) in [7, 11) is -0.139. The fourth-order valence-corrected chi connectivity index (χ4v) is 0.194. The Labute approximate surface area is 38.3 Å². The fraction of sp³-hybridized carbons (Fsp3) is 0.667. The van der Waals surface area contributed by atoms with Crippen LogP contribution in [-0.4, -0.2) is 5.45 Å². The predicted octanol–water partition coefficient (Wildman–Crippen LogP) is 1.67. The molecule has 0 saturated heterocycles. The molecule has 0 spiro atoms. The molecule has 0 aliphatic carbocycles. The van der Waals surface area contributed by atoms with Crippen LogP contribution in [0.5, 0.6) is 0 Å². The third kappa shape index (κ3) is 2.04. The minimum atomic E-state index is -0.139. The molecule has 1 N–H and O–H groups in total. The normalized spacial score (nSPS) is 8.83. The molecule has 0 unspecified atom stereocenters. The van der Waals surface area contributed by atoms with Crippen LogP contribution >= 0.6 is 8.46 Å². The summed E-state index contributed by atoms with van der Waals surface area (Å²) in [5.74, 6) is 0. The molecule has 0 heterocycles. The lowest BCUT2D eigenvalue weighted by Crippen LogP contribution is -1.73. The predicted molar refractivity (Wildman–Crippen MR) is 25.6 cm³/mol. The summed E-state index contributed by atoms with van der Waals surface area (Å²) < 4.78 is 9.61. The zero-order chi connectivity index (χ0) is 4.99. The monoisotopic (exact) mass is 103 g/mol. The maximum absolute atomic E-state index is 9.61. The molecule has 6 heavy (non-hydrogen) atoms. The Morgan fingerprint density at radius 3 is 2.50 bits per heavy atom. The quantitative estimate of drug-likeness (QED) is 0.419. The van der Waals surface area contributed by atoms with E-state index in [0.717, 1.165) is 0 Å². The number of hydrogen-bond donors (Lipinski definition) is 1. The van der Waals surface area contributed by atoms with Crippen LogP contribution in [0.2, 0.25) is 0 Å². The molecule has 0 atom stereocenters. The molecule has 34 valence electrons. The summed E-state index contributed by atoms with van der Waals surface area (Å²) >= 11 is 0. The van der Waals surface area contributed by atoms with E-state index in [9.17, 15) is 4.57 Å². The van der Waals surface area contributed by atoms with Gasteiger partial charge >= 0.3 is 0 Å². The summed E-state index contributed by atoms with van der Waals surface area (Å²) in [5, 5.41) is 6.66. The van der Waals surface area contributed by atoms with Gasteiger partial charge < -0.3 is 0 Å². The van der Waals surface area contributed by atoms with Gasteiger partial charge in [0.2, 0.25) is 8.46 Å². The molecule has 0 fully saturated rings. The van der Waals surface area contributed by atoms with E-state index in [2.05, 4.69) is 0 Å². The lowest BCUT2D eigenvalue weighted by atomic mass is 10.5. The van der Waals surface area contributed by atoms with Crippen LogP contribution in [0.4, 0.5) is 0 Å². The minimum absolute atomic E-state index is 0.139. The number of nitrogens with one attached hydrogen (secondary N) is 1. The number of rotatable bonds is 2. The Kier molecular flexibility index (Phi) is 2.87. The Morgan fingerprint density at radius 2 is 2.50 bits per heavy atom. The molecule has 0 rings (SSSR count). The maximum atomic E-state index is 9.61. The van der Waals surface area contributed by atoms with Gasteiger partial charge in [-0.3, -0.25) is 9.97 Å². The van der Waals surface area contributed by atoms with Crippen molar-refractivity contribution in [3.63, 3.8) is 0 Å². The van der Waals surface area contributed by atoms with E-state index >= 15 is 0 Å². The van der Waals surface area contributed by atoms with Crippen LogP contribution in [0.1, 0.15) is 13.3 Å². The maximum Gasteiger partial charge on any atom is 0.207 e. The summed E-state index contributed by atoms with van der Waals surface area (Å²) in [6, 6.07) is 0. The SMILES string of the molecule is CCC(=N)P=O. The van der Waals surface area contributed by atoms with Crippen LogP contribution in [0.25, 0.3) is 0 Å². The van der Waals surface area contributed by atoms with E-state index < -0.39 is 0 Å². The highest BCUT2D eigenvalue weighted by Gasteiger charge is 1.83. The first-order valence-electron chi connectivity index (χ1n) is 1.72. The van der Waals surface area contributed by atoms with Gasteiger partial charge in [0.1, 0.15) is 0 Å². The van der Waals surface area contributed by atoms with Gasteiger partial charge in [-0.05, 0) is 6.42 Å². The van der Waals surface area contributed by atoms with Crippen molar-refractivity contribution in [1.29, 1.82) is 5.41 Å². The lowest BCUT2D eigenvalue weighted by molar-refractivity contribution is 0.603. The molecule has 0 radical (unpaired) electrons. The van der Waals surface area contributed by atoms with E-state index in [1.807, 2.05) is 0 Å². The van der Waals surface area contributed by atoms with E-state index in [-0.39, 0.29) is 13.9 Å². The van der Waals surface area contributed by atoms with Crippen molar-refractivity contribution >= 4 is 13.9 Å². The molecule has 0 aliphatic heterocycles. The van der Waals surface area contributed by atoms with Crippen molar-refractivity contribution in [2.75, 3.05) is 0 Å². The second-order valence-corrected chi connectivity index (χ2v) is 1.61. The van der Waals surface area contributed by atoms with Gasteiger partial charge in [0.05, 0.1) is 5.45 Å². The van der Waals surface area contributed by atoms with Crippen LogP contribution in [0.15, 0.2) is 0 Å². The average Bonchev–Trinajstić information content (AvgIpc) is 1.65. The van der Waals surface area contributed by atoms with Crippen molar-refractivity contribution in [1.82, 2.24) is 0 Å². The first-order chi connectivity index (χ1) is 2.81.